The number of nitriles is 2. The molecule has 0 N–H and O–H groups in total. The SMILES string of the molecule is N#Cc1ccc(-c2nc(-c3ccccc3)nc(-c3ccc(C#N)cc3F)n2)c(F)c1. The van der Waals surface area contributed by atoms with Crippen molar-refractivity contribution in [2.24, 2.45) is 0 Å². The van der Waals surface area contributed by atoms with Crippen molar-refractivity contribution in [2.45, 2.75) is 0 Å². The first kappa shape index (κ1) is 18.9. The van der Waals surface area contributed by atoms with E-state index in [4.69, 9.17) is 10.5 Å². The van der Waals surface area contributed by atoms with E-state index in [1.165, 1.54) is 24.3 Å². The van der Waals surface area contributed by atoms with Gasteiger partial charge in [0.05, 0.1) is 34.4 Å². The third-order valence-electron chi connectivity index (χ3n) is 4.35. The summed E-state index contributed by atoms with van der Waals surface area (Å²) in [5.41, 5.74) is 1.08. The molecular weight excluding hydrogens is 384 g/mol. The lowest BCUT2D eigenvalue weighted by atomic mass is 10.1. The molecule has 0 fully saturated rings. The molecule has 0 bridgehead atoms. The summed E-state index contributed by atoms with van der Waals surface area (Å²) in [7, 11) is 0. The lowest BCUT2D eigenvalue weighted by molar-refractivity contribution is 0.628. The Hall–Kier alpha value is -4.49. The summed E-state index contributed by atoms with van der Waals surface area (Å²) in [5, 5.41) is 17.9. The molecule has 142 valence electrons. The van der Waals surface area contributed by atoms with Gasteiger partial charge in [-0.25, -0.2) is 23.7 Å². The molecule has 1 aromatic heterocycles. The molecule has 0 aliphatic rings. The second-order valence-electron chi connectivity index (χ2n) is 6.29. The minimum Gasteiger partial charge on any atom is -0.208 e. The fourth-order valence-electron chi connectivity index (χ4n) is 2.87. The highest BCUT2D eigenvalue weighted by molar-refractivity contribution is 5.67. The molecule has 5 nitrogen and oxygen atoms in total. The van der Waals surface area contributed by atoms with E-state index < -0.39 is 11.6 Å². The van der Waals surface area contributed by atoms with Gasteiger partial charge in [0.1, 0.15) is 11.6 Å². The maximum absolute atomic E-state index is 14.6. The standard InChI is InChI=1S/C23H11F2N5/c24-19-10-14(12-26)6-8-17(19)22-28-21(16-4-2-1-3-5-16)29-23(30-22)18-9-7-15(13-27)11-20(18)25/h1-11H. The fourth-order valence-corrected chi connectivity index (χ4v) is 2.87. The largest absolute Gasteiger partial charge is 0.208 e. The predicted molar refractivity (Wildman–Crippen MR) is 105 cm³/mol. The summed E-state index contributed by atoms with van der Waals surface area (Å²) in [6.45, 7) is 0. The van der Waals surface area contributed by atoms with Crippen LogP contribution in [0, 0.1) is 34.3 Å². The van der Waals surface area contributed by atoms with E-state index in [0.29, 0.717) is 5.56 Å². The van der Waals surface area contributed by atoms with Crippen molar-refractivity contribution in [3.63, 3.8) is 0 Å². The van der Waals surface area contributed by atoms with Crippen molar-refractivity contribution >= 4 is 0 Å². The van der Waals surface area contributed by atoms with Crippen molar-refractivity contribution in [3.8, 4) is 46.3 Å². The summed E-state index contributed by atoms with van der Waals surface area (Å²) in [6, 6.07) is 20.6. The van der Waals surface area contributed by atoms with Crippen LogP contribution in [0.2, 0.25) is 0 Å². The number of hydrogen-bond acceptors (Lipinski definition) is 5. The van der Waals surface area contributed by atoms with Crippen LogP contribution >= 0.6 is 0 Å². The van der Waals surface area contributed by atoms with E-state index in [0.717, 1.165) is 12.1 Å². The van der Waals surface area contributed by atoms with Gasteiger partial charge in [-0.15, -0.1) is 0 Å². The Bertz CT molecular complexity index is 1260. The first-order valence-corrected chi connectivity index (χ1v) is 8.80. The van der Waals surface area contributed by atoms with Crippen molar-refractivity contribution < 1.29 is 8.78 Å². The van der Waals surface area contributed by atoms with Crippen LogP contribution < -0.4 is 0 Å². The van der Waals surface area contributed by atoms with E-state index in [1.54, 1.807) is 24.3 Å². The Kier molecular flexibility index (Phi) is 4.94. The molecule has 0 radical (unpaired) electrons. The van der Waals surface area contributed by atoms with Crippen molar-refractivity contribution in [3.05, 3.63) is 89.5 Å². The number of nitrogens with zero attached hydrogens (tertiary/aromatic N) is 5. The normalized spacial score (nSPS) is 10.3. The third kappa shape index (κ3) is 3.60. The van der Waals surface area contributed by atoms with Gasteiger partial charge in [0.25, 0.3) is 0 Å². The topological polar surface area (TPSA) is 86.2 Å². The molecule has 4 rings (SSSR count). The lowest BCUT2D eigenvalue weighted by Gasteiger charge is -2.09. The summed E-state index contributed by atoms with van der Waals surface area (Å²) >= 11 is 0. The van der Waals surface area contributed by atoms with E-state index in [1.807, 2.05) is 18.2 Å². The molecule has 3 aromatic carbocycles. The Morgan fingerprint density at radius 1 is 0.600 bits per heavy atom. The zero-order valence-corrected chi connectivity index (χ0v) is 15.3. The third-order valence-corrected chi connectivity index (χ3v) is 4.35. The molecule has 0 saturated heterocycles. The summed E-state index contributed by atoms with van der Waals surface area (Å²) in [5.74, 6) is -1.10. The molecule has 4 aromatic rings. The monoisotopic (exact) mass is 395 g/mol. The lowest BCUT2D eigenvalue weighted by Crippen LogP contribution is -2.02. The molecule has 30 heavy (non-hydrogen) atoms. The predicted octanol–water partition coefficient (Wildman–Crippen LogP) is 4.89. The quantitative estimate of drug-likeness (QED) is 0.493. The van der Waals surface area contributed by atoms with Gasteiger partial charge in [-0.1, -0.05) is 30.3 Å². The maximum atomic E-state index is 14.6. The number of benzene rings is 3. The van der Waals surface area contributed by atoms with Crippen LogP contribution in [0.3, 0.4) is 0 Å². The minimum atomic E-state index is -0.675. The van der Waals surface area contributed by atoms with Gasteiger partial charge >= 0.3 is 0 Å². The maximum Gasteiger partial charge on any atom is 0.167 e. The van der Waals surface area contributed by atoms with E-state index in [2.05, 4.69) is 15.0 Å². The van der Waals surface area contributed by atoms with Crippen molar-refractivity contribution in [1.82, 2.24) is 15.0 Å². The minimum absolute atomic E-state index is 0.00426. The second-order valence-corrected chi connectivity index (χ2v) is 6.29. The van der Waals surface area contributed by atoms with Gasteiger partial charge in [0.2, 0.25) is 0 Å². The highest BCUT2D eigenvalue weighted by atomic mass is 19.1. The zero-order valence-electron chi connectivity index (χ0n) is 15.3. The fraction of sp³-hybridized carbons (Fsp3) is 0. The Morgan fingerprint density at radius 2 is 1.07 bits per heavy atom. The van der Waals surface area contributed by atoms with Gasteiger partial charge < -0.3 is 0 Å². The van der Waals surface area contributed by atoms with Gasteiger partial charge in [-0.3, -0.25) is 0 Å². The van der Waals surface area contributed by atoms with Gasteiger partial charge in [0.15, 0.2) is 17.5 Å². The molecule has 0 aliphatic heterocycles. The van der Waals surface area contributed by atoms with Gasteiger partial charge in [0, 0.05) is 5.56 Å². The number of halogens is 2. The molecule has 7 heteroatoms. The smallest absolute Gasteiger partial charge is 0.167 e. The summed E-state index contributed by atoms with van der Waals surface area (Å²) in [4.78, 5) is 13.0. The van der Waals surface area contributed by atoms with Crippen LogP contribution in [0.5, 0.6) is 0 Å². The summed E-state index contributed by atoms with van der Waals surface area (Å²) < 4.78 is 29.2. The molecule has 0 amide bonds. The Balaban J connectivity index is 1.95. The van der Waals surface area contributed by atoms with E-state index in [-0.39, 0.29) is 39.7 Å². The molecule has 0 atom stereocenters. The summed E-state index contributed by atoms with van der Waals surface area (Å²) in [6.07, 6.45) is 0. The van der Waals surface area contributed by atoms with E-state index >= 15 is 0 Å². The van der Waals surface area contributed by atoms with Crippen LogP contribution in [0.1, 0.15) is 11.1 Å². The highest BCUT2D eigenvalue weighted by Crippen LogP contribution is 2.28. The number of rotatable bonds is 3. The van der Waals surface area contributed by atoms with Gasteiger partial charge in [-0.2, -0.15) is 10.5 Å². The molecule has 0 spiro atoms. The van der Waals surface area contributed by atoms with Crippen LogP contribution in [0.15, 0.2) is 66.7 Å². The van der Waals surface area contributed by atoms with Crippen molar-refractivity contribution in [1.29, 1.82) is 10.5 Å². The molecule has 0 aliphatic carbocycles. The average molecular weight is 395 g/mol. The Morgan fingerprint density at radius 3 is 1.50 bits per heavy atom. The number of aromatic nitrogens is 3. The van der Waals surface area contributed by atoms with Crippen LogP contribution in [0.4, 0.5) is 8.78 Å². The Labute approximate surface area is 170 Å². The van der Waals surface area contributed by atoms with Crippen LogP contribution in [-0.4, -0.2) is 15.0 Å². The second kappa shape index (κ2) is 7.86. The molecule has 1 heterocycles. The average Bonchev–Trinajstić information content (AvgIpc) is 2.79. The molecule has 0 saturated carbocycles. The molecular formula is C23H11F2N5. The van der Waals surface area contributed by atoms with Crippen LogP contribution in [0.25, 0.3) is 34.2 Å². The first-order valence-electron chi connectivity index (χ1n) is 8.80. The van der Waals surface area contributed by atoms with E-state index in [9.17, 15) is 8.78 Å². The van der Waals surface area contributed by atoms with Crippen LogP contribution in [-0.2, 0) is 0 Å². The first-order chi connectivity index (χ1) is 14.6. The molecule has 0 unspecified atom stereocenters. The number of hydrogen-bond donors (Lipinski definition) is 0. The zero-order chi connectivity index (χ0) is 21.1. The van der Waals surface area contributed by atoms with Gasteiger partial charge in [-0.05, 0) is 36.4 Å². The van der Waals surface area contributed by atoms with Crippen molar-refractivity contribution in [2.75, 3.05) is 0 Å². The highest BCUT2D eigenvalue weighted by Gasteiger charge is 2.17.